The van der Waals surface area contributed by atoms with Gasteiger partial charge in [0.25, 0.3) is 5.91 Å². The monoisotopic (exact) mass is 340 g/mol. The van der Waals surface area contributed by atoms with Gasteiger partial charge < -0.3 is 15.1 Å². The van der Waals surface area contributed by atoms with Crippen LogP contribution in [-0.4, -0.2) is 11.8 Å². The molecule has 128 valence electrons. The van der Waals surface area contributed by atoms with Crippen molar-refractivity contribution >= 4 is 34.2 Å². The lowest BCUT2D eigenvalue weighted by molar-refractivity contribution is -0.114. The van der Waals surface area contributed by atoms with Crippen LogP contribution in [0.5, 0.6) is 0 Å². The number of hydrogen-bond donors (Lipinski definition) is 2. The molecular formula is C19H17FN2O3. The summed E-state index contributed by atoms with van der Waals surface area (Å²) in [5.74, 6) is -0.994. The number of anilines is 2. The lowest BCUT2D eigenvalue weighted by atomic mass is 10.1. The molecule has 0 bridgehead atoms. The number of carbonyl (C=O) groups excluding carboxylic acids is 2. The Balaban J connectivity index is 1.96. The minimum atomic E-state index is -0.466. The number of hydrogen-bond acceptors (Lipinski definition) is 3. The van der Waals surface area contributed by atoms with Crippen LogP contribution in [0.25, 0.3) is 11.0 Å². The summed E-state index contributed by atoms with van der Waals surface area (Å²) in [7, 11) is 0. The quantitative estimate of drug-likeness (QED) is 0.742. The topological polar surface area (TPSA) is 71.3 Å². The molecule has 0 aliphatic carbocycles. The molecule has 5 nitrogen and oxygen atoms in total. The van der Waals surface area contributed by atoms with E-state index in [0.29, 0.717) is 27.9 Å². The Morgan fingerprint density at radius 2 is 1.76 bits per heavy atom. The molecule has 2 amide bonds. The molecule has 0 aliphatic heterocycles. The fraction of sp³-hybridized carbons (Fsp3) is 0.158. The number of carbonyl (C=O) groups is 2. The summed E-state index contributed by atoms with van der Waals surface area (Å²) in [6.45, 7) is 4.97. The maximum atomic E-state index is 13.4. The van der Waals surface area contributed by atoms with E-state index >= 15 is 0 Å². The van der Waals surface area contributed by atoms with Gasteiger partial charge in [0.05, 0.1) is 11.4 Å². The highest BCUT2D eigenvalue weighted by atomic mass is 19.1. The first-order valence-electron chi connectivity index (χ1n) is 7.73. The van der Waals surface area contributed by atoms with Gasteiger partial charge >= 0.3 is 0 Å². The van der Waals surface area contributed by atoms with Crippen LogP contribution < -0.4 is 10.6 Å². The summed E-state index contributed by atoms with van der Waals surface area (Å²) in [6, 6.07) is 9.40. The third-order valence-corrected chi connectivity index (χ3v) is 3.84. The Labute approximate surface area is 143 Å². The van der Waals surface area contributed by atoms with E-state index in [1.165, 1.54) is 25.1 Å². The van der Waals surface area contributed by atoms with Crippen molar-refractivity contribution in [2.75, 3.05) is 10.6 Å². The molecule has 3 rings (SSSR count). The van der Waals surface area contributed by atoms with Crippen LogP contribution in [0.15, 0.2) is 40.8 Å². The summed E-state index contributed by atoms with van der Waals surface area (Å²) < 4.78 is 19.0. The van der Waals surface area contributed by atoms with E-state index in [-0.39, 0.29) is 11.7 Å². The SMILES string of the molecule is CC(=O)Nc1ccc(C)cc1NC(=O)c1oc2ccc(F)cc2c1C. The van der Waals surface area contributed by atoms with E-state index in [1.54, 1.807) is 19.1 Å². The Bertz CT molecular complexity index is 992. The highest BCUT2D eigenvalue weighted by molar-refractivity contribution is 6.08. The maximum Gasteiger partial charge on any atom is 0.291 e. The maximum absolute atomic E-state index is 13.4. The van der Waals surface area contributed by atoms with Crippen molar-refractivity contribution in [3.05, 3.63) is 59.1 Å². The summed E-state index contributed by atoms with van der Waals surface area (Å²) in [5, 5.41) is 5.97. The Kier molecular flexibility index (Phi) is 4.27. The van der Waals surface area contributed by atoms with E-state index in [0.717, 1.165) is 5.56 Å². The van der Waals surface area contributed by atoms with Gasteiger partial charge in [-0.25, -0.2) is 4.39 Å². The van der Waals surface area contributed by atoms with Gasteiger partial charge in [-0.2, -0.15) is 0 Å². The number of nitrogens with one attached hydrogen (secondary N) is 2. The van der Waals surface area contributed by atoms with Gasteiger partial charge in [0.1, 0.15) is 11.4 Å². The van der Waals surface area contributed by atoms with Gasteiger partial charge in [0.2, 0.25) is 5.91 Å². The Hall–Kier alpha value is -3.15. The molecule has 1 aromatic heterocycles. The minimum absolute atomic E-state index is 0.107. The Morgan fingerprint density at radius 1 is 1.00 bits per heavy atom. The second kappa shape index (κ2) is 6.39. The van der Waals surface area contributed by atoms with Crippen LogP contribution in [-0.2, 0) is 4.79 Å². The van der Waals surface area contributed by atoms with Crippen molar-refractivity contribution in [3.8, 4) is 0 Å². The van der Waals surface area contributed by atoms with Gasteiger partial charge in [-0.1, -0.05) is 6.07 Å². The molecule has 1 heterocycles. The minimum Gasteiger partial charge on any atom is -0.451 e. The highest BCUT2D eigenvalue weighted by Crippen LogP contribution is 2.28. The molecule has 6 heteroatoms. The molecule has 0 radical (unpaired) electrons. The fourth-order valence-electron chi connectivity index (χ4n) is 2.65. The number of furan rings is 1. The average molecular weight is 340 g/mol. The zero-order valence-corrected chi connectivity index (χ0v) is 14.1. The lowest BCUT2D eigenvalue weighted by Gasteiger charge is -2.12. The standard InChI is InChI=1S/C19H17FN2O3/c1-10-4-6-15(21-12(3)23)16(8-10)22-19(24)18-11(2)14-9-13(20)5-7-17(14)25-18/h4-9H,1-3H3,(H,21,23)(H,22,24). The van der Waals surface area contributed by atoms with Gasteiger partial charge in [0.15, 0.2) is 5.76 Å². The van der Waals surface area contributed by atoms with Gasteiger partial charge in [-0.15, -0.1) is 0 Å². The van der Waals surface area contributed by atoms with Crippen molar-refractivity contribution < 1.29 is 18.4 Å². The zero-order chi connectivity index (χ0) is 18.1. The third kappa shape index (κ3) is 3.38. The molecule has 0 saturated carbocycles. The number of amides is 2. The molecule has 0 atom stereocenters. The van der Waals surface area contributed by atoms with E-state index in [1.807, 2.05) is 13.0 Å². The summed E-state index contributed by atoms with van der Waals surface area (Å²) in [6.07, 6.45) is 0. The second-order valence-electron chi connectivity index (χ2n) is 5.88. The molecule has 2 aromatic carbocycles. The van der Waals surface area contributed by atoms with Crippen LogP contribution >= 0.6 is 0 Å². The van der Waals surface area contributed by atoms with Crippen LogP contribution in [0.2, 0.25) is 0 Å². The predicted molar refractivity (Wildman–Crippen MR) is 94.3 cm³/mol. The summed E-state index contributed by atoms with van der Waals surface area (Å²) in [5.41, 5.74) is 2.88. The van der Waals surface area contributed by atoms with Gasteiger partial charge in [-0.3, -0.25) is 9.59 Å². The molecular weight excluding hydrogens is 323 g/mol. The third-order valence-electron chi connectivity index (χ3n) is 3.84. The van der Waals surface area contributed by atoms with E-state index in [9.17, 15) is 14.0 Å². The summed E-state index contributed by atoms with van der Waals surface area (Å²) >= 11 is 0. The molecule has 0 spiro atoms. The number of aryl methyl sites for hydroxylation is 2. The fourth-order valence-corrected chi connectivity index (χ4v) is 2.65. The lowest BCUT2D eigenvalue weighted by Crippen LogP contribution is -2.15. The zero-order valence-electron chi connectivity index (χ0n) is 14.1. The number of fused-ring (bicyclic) bond motifs is 1. The Morgan fingerprint density at radius 3 is 2.48 bits per heavy atom. The van der Waals surface area contributed by atoms with Crippen molar-refractivity contribution in [2.24, 2.45) is 0 Å². The second-order valence-corrected chi connectivity index (χ2v) is 5.88. The van der Waals surface area contributed by atoms with Crippen LogP contribution in [0.1, 0.15) is 28.6 Å². The normalized spacial score (nSPS) is 10.7. The number of halogens is 1. The molecule has 0 aliphatic rings. The number of rotatable bonds is 3. The number of benzene rings is 2. The first-order chi connectivity index (χ1) is 11.8. The molecule has 0 fully saturated rings. The van der Waals surface area contributed by atoms with Crippen LogP contribution in [0, 0.1) is 19.7 Å². The van der Waals surface area contributed by atoms with Crippen molar-refractivity contribution in [1.82, 2.24) is 0 Å². The largest absolute Gasteiger partial charge is 0.451 e. The van der Waals surface area contributed by atoms with E-state index in [2.05, 4.69) is 10.6 Å². The molecule has 0 saturated heterocycles. The van der Waals surface area contributed by atoms with E-state index in [4.69, 9.17) is 4.42 Å². The van der Waals surface area contributed by atoms with Crippen LogP contribution in [0.3, 0.4) is 0 Å². The summed E-state index contributed by atoms with van der Waals surface area (Å²) in [4.78, 5) is 24.0. The molecule has 3 aromatic rings. The molecule has 25 heavy (non-hydrogen) atoms. The predicted octanol–water partition coefficient (Wildman–Crippen LogP) is 4.40. The van der Waals surface area contributed by atoms with Crippen molar-refractivity contribution in [2.45, 2.75) is 20.8 Å². The molecule has 2 N–H and O–H groups in total. The average Bonchev–Trinajstić information content (AvgIpc) is 2.86. The van der Waals surface area contributed by atoms with Crippen LogP contribution in [0.4, 0.5) is 15.8 Å². The molecule has 0 unspecified atom stereocenters. The highest BCUT2D eigenvalue weighted by Gasteiger charge is 2.19. The van der Waals surface area contributed by atoms with Gasteiger partial charge in [-0.05, 0) is 49.7 Å². The van der Waals surface area contributed by atoms with Crippen molar-refractivity contribution in [1.29, 1.82) is 0 Å². The van der Waals surface area contributed by atoms with E-state index < -0.39 is 11.7 Å². The van der Waals surface area contributed by atoms with Crippen molar-refractivity contribution in [3.63, 3.8) is 0 Å². The first kappa shape index (κ1) is 16.7. The smallest absolute Gasteiger partial charge is 0.291 e. The van der Waals surface area contributed by atoms with Gasteiger partial charge in [0, 0.05) is 17.9 Å². The first-order valence-corrected chi connectivity index (χ1v) is 7.73.